The van der Waals surface area contributed by atoms with Crippen LogP contribution in [0, 0.1) is 0 Å². The molecule has 2 N–H and O–H groups in total. The third-order valence-corrected chi connectivity index (χ3v) is 3.02. The minimum absolute atomic E-state index is 0.0124. The summed E-state index contributed by atoms with van der Waals surface area (Å²) in [6, 6.07) is 0. The summed E-state index contributed by atoms with van der Waals surface area (Å²) in [5.41, 5.74) is 6.19. The molecule has 1 aliphatic rings. The Labute approximate surface area is 84.5 Å². The highest BCUT2D eigenvalue weighted by atomic mass is 15.3. The lowest BCUT2D eigenvalue weighted by Crippen LogP contribution is -2.48. The van der Waals surface area contributed by atoms with Crippen molar-refractivity contribution in [3.63, 3.8) is 0 Å². The summed E-state index contributed by atoms with van der Waals surface area (Å²) in [5.74, 6) is 1.05. The monoisotopic (exact) mass is 194 g/mol. The average Bonchev–Trinajstić information content (AvgIpc) is 2.51. The first-order valence-corrected chi connectivity index (χ1v) is 5.39. The quantitative estimate of drug-likeness (QED) is 0.781. The van der Waals surface area contributed by atoms with E-state index in [4.69, 9.17) is 5.73 Å². The molecule has 0 saturated heterocycles. The Kier molecular flexibility index (Phi) is 2.54. The van der Waals surface area contributed by atoms with Gasteiger partial charge in [0, 0.05) is 18.5 Å². The molecule has 1 heterocycles. The Balaban J connectivity index is 2.04. The minimum atomic E-state index is 0.0124. The van der Waals surface area contributed by atoms with Crippen LogP contribution in [0.1, 0.15) is 38.4 Å². The van der Waals surface area contributed by atoms with Crippen LogP contribution in [0.3, 0.4) is 0 Å². The van der Waals surface area contributed by atoms with Crippen LogP contribution in [0.2, 0.25) is 0 Å². The number of hydrogen-bond donors (Lipinski definition) is 1. The van der Waals surface area contributed by atoms with Crippen LogP contribution in [0.25, 0.3) is 0 Å². The summed E-state index contributed by atoms with van der Waals surface area (Å²) < 4.78 is 2.12. The van der Waals surface area contributed by atoms with Crippen molar-refractivity contribution >= 4 is 0 Å². The van der Waals surface area contributed by atoms with Gasteiger partial charge in [-0.1, -0.05) is 6.92 Å². The Bertz CT molecular complexity index is 301. The van der Waals surface area contributed by atoms with Crippen LogP contribution < -0.4 is 5.73 Å². The second kappa shape index (κ2) is 3.69. The zero-order chi connectivity index (χ0) is 10.0. The molecular weight excluding hydrogens is 176 g/mol. The van der Waals surface area contributed by atoms with E-state index in [1.54, 1.807) is 6.33 Å². The first-order chi connectivity index (χ1) is 6.73. The fraction of sp³-hybridized carbons (Fsp3) is 0.800. The second-order valence-electron chi connectivity index (χ2n) is 4.33. The number of rotatable bonds is 4. The standard InChI is InChI=1S/C10H18N4/c1-2-6-14-8-12-13-9(14)7-10(11)4-3-5-10/h8H,2-7,11H2,1H3. The highest BCUT2D eigenvalue weighted by Gasteiger charge is 2.33. The topological polar surface area (TPSA) is 56.7 Å². The Morgan fingerprint density at radius 2 is 2.36 bits per heavy atom. The number of aryl methyl sites for hydroxylation is 1. The molecule has 1 fully saturated rings. The molecule has 2 rings (SSSR count). The van der Waals surface area contributed by atoms with Crippen LogP contribution in [-0.4, -0.2) is 20.3 Å². The van der Waals surface area contributed by atoms with Gasteiger partial charge < -0.3 is 10.3 Å². The summed E-state index contributed by atoms with van der Waals surface area (Å²) >= 11 is 0. The molecule has 0 amide bonds. The van der Waals surface area contributed by atoms with Gasteiger partial charge >= 0.3 is 0 Å². The van der Waals surface area contributed by atoms with E-state index in [0.717, 1.165) is 38.1 Å². The lowest BCUT2D eigenvalue weighted by Gasteiger charge is -2.37. The molecule has 1 saturated carbocycles. The molecule has 1 aliphatic carbocycles. The van der Waals surface area contributed by atoms with E-state index in [9.17, 15) is 0 Å². The molecule has 0 bridgehead atoms. The molecule has 0 aromatic carbocycles. The zero-order valence-corrected chi connectivity index (χ0v) is 8.74. The molecule has 78 valence electrons. The highest BCUT2D eigenvalue weighted by Crippen LogP contribution is 2.31. The van der Waals surface area contributed by atoms with Crippen molar-refractivity contribution in [1.29, 1.82) is 0 Å². The largest absolute Gasteiger partial charge is 0.325 e. The zero-order valence-electron chi connectivity index (χ0n) is 8.74. The van der Waals surface area contributed by atoms with Gasteiger partial charge in [0.25, 0.3) is 0 Å². The van der Waals surface area contributed by atoms with E-state index in [1.807, 2.05) is 0 Å². The summed E-state index contributed by atoms with van der Waals surface area (Å²) in [6.07, 6.45) is 7.33. The van der Waals surface area contributed by atoms with Gasteiger partial charge in [0.2, 0.25) is 0 Å². The summed E-state index contributed by atoms with van der Waals surface area (Å²) in [7, 11) is 0. The van der Waals surface area contributed by atoms with Crippen LogP contribution in [0.4, 0.5) is 0 Å². The summed E-state index contributed by atoms with van der Waals surface area (Å²) in [6.45, 7) is 3.16. The van der Waals surface area contributed by atoms with Crippen LogP contribution >= 0.6 is 0 Å². The maximum atomic E-state index is 6.18. The van der Waals surface area contributed by atoms with Crippen LogP contribution in [0.15, 0.2) is 6.33 Å². The molecule has 4 nitrogen and oxygen atoms in total. The van der Waals surface area contributed by atoms with E-state index in [0.29, 0.717) is 0 Å². The van der Waals surface area contributed by atoms with E-state index in [-0.39, 0.29) is 5.54 Å². The number of hydrogen-bond acceptors (Lipinski definition) is 3. The van der Waals surface area contributed by atoms with Gasteiger partial charge in [0.1, 0.15) is 12.2 Å². The van der Waals surface area contributed by atoms with Gasteiger partial charge in [-0.05, 0) is 25.7 Å². The lowest BCUT2D eigenvalue weighted by molar-refractivity contribution is 0.240. The highest BCUT2D eigenvalue weighted by molar-refractivity contribution is 5.02. The van der Waals surface area contributed by atoms with Crippen molar-refractivity contribution < 1.29 is 0 Å². The summed E-state index contributed by atoms with van der Waals surface area (Å²) in [4.78, 5) is 0. The first kappa shape index (κ1) is 9.65. The predicted molar refractivity (Wildman–Crippen MR) is 54.8 cm³/mol. The van der Waals surface area contributed by atoms with Crippen molar-refractivity contribution in [2.75, 3.05) is 0 Å². The second-order valence-corrected chi connectivity index (χ2v) is 4.33. The molecule has 1 aromatic rings. The van der Waals surface area contributed by atoms with Gasteiger partial charge in [-0.25, -0.2) is 0 Å². The molecule has 0 spiro atoms. The number of aromatic nitrogens is 3. The van der Waals surface area contributed by atoms with Gasteiger partial charge in [0.15, 0.2) is 0 Å². The van der Waals surface area contributed by atoms with Crippen LogP contribution in [0.5, 0.6) is 0 Å². The third-order valence-electron chi connectivity index (χ3n) is 3.02. The lowest BCUT2D eigenvalue weighted by atomic mass is 9.75. The van der Waals surface area contributed by atoms with Crippen molar-refractivity contribution in [1.82, 2.24) is 14.8 Å². The van der Waals surface area contributed by atoms with Crippen LogP contribution in [-0.2, 0) is 13.0 Å². The van der Waals surface area contributed by atoms with Gasteiger partial charge in [-0.3, -0.25) is 0 Å². The Morgan fingerprint density at radius 1 is 1.57 bits per heavy atom. The molecule has 14 heavy (non-hydrogen) atoms. The predicted octanol–water partition coefficient (Wildman–Crippen LogP) is 1.11. The van der Waals surface area contributed by atoms with E-state index in [1.165, 1.54) is 6.42 Å². The minimum Gasteiger partial charge on any atom is -0.325 e. The fourth-order valence-electron chi connectivity index (χ4n) is 1.97. The van der Waals surface area contributed by atoms with Crippen molar-refractivity contribution in [3.05, 3.63) is 12.2 Å². The smallest absolute Gasteiger partial charge is 0.134 e. The maximum Gasteiger partial charge on any atom is 0.134 e. The molecule has 0 radical (unpaired) electrons. The number of nitrogens with two attached hydrogens (primary N) is 1. The molecule has 0 unspecified atom stereocenters. The molecule has 1 aromatic heterocycles. The average molecular weight is 194 g/mol. The van der Waals surface area contributed by atoms with E-state index in [2.05, 4.69) is 21.7 Å². The van der Waals surface area contributed by atoms with E-state index < -0.39 is 0 Å². The maximum absolute atomic E-state index is 6.18. The van der Waals surface area contributed by atoms with Crippen molar-refractivity contribution in [2.45, 2.75) is 51.1 Å². The SMILES string of the molecule is CCCn1cnnc1CC1(N)CCC1. The molecule has 0 atom stereocenters. The normalized spacial score (nSPS) is 19.3. The Hall–Kier alpha value is -0.900. The molecule has 0 aliphatic heterocycles. The van der Waals surface area contributed by atoms with Gasteiger partial charge in [0.05, 0.1) is 0 Å². The van der Waals surface area contributed by atoms with Gasteiger partial charge in [-0.15, -0.1) is 10.2 Å². The van der Waals surface area contributed by atoms with E-state index >= 15 is 0 Å². The third kappa shape index (κ3) is 1.80. The first-order valence-electron chi connectivity index (χ1n) is 5.39. The molecule has 4 heteroatoms. The van der Waals surface area contributed by atoms with Gasteiger partial charge in [-0.2, -0.15) is 0 Å². The number of nitrogens with zero attached hydrogens (tertiary/aromatic N) is 3. The van der Waals surface area contributed by atoms with Crippen molar-refractivity contribution in [2.24, 2.45) is 5.73 Å². The Morgan fingerprint density at radius 3 is 2.93 bits per heavy atom. The summed E-state index contributed by atoms with van der Waals surface area (Å²) in [5, 5.41) is 8.08. The van der Waals surface area contributed by atoms with Crippen molar-refractivity contribution in [3.8, 4) is 0 Å². The molecular formula is C10H18N4. The fourth-order valence-corrected chi connectivity index (χ4v) is 1.97.